The van der Waals surface area contributed by atoms with Crippen molar-refractivity contribution in [2.75, 3.05) is 25.0 Å². The van der Waals surface area contributed by atoms with E-state index in [2.05, 4.69) is 5.32 Å². The molecule has 1 aliphatic rings. The summed E-state index contributed by atoms with van der Waals surface area (Å²) in [6.45, 7) is 5.81. The fourth-order valence-corrected chi connectivity index (χ4v) is 2.92. The number of aliphatic hydroxyl groups excluding tert-OH is 1. The van der Waals surface area contributed by atoms with Crippen LogP contribution in [0.3, 0.4) is 0 Å². The number of carbonyl (C=O) groups is 1. The van der Waals surface area contributed by atoms with Gasteiger partial charge in [-0.05, 0) is 44.4 Å². The summed E-state index contributed by atoms with van der Waals surface area (Å²) in [5.41, 5.74) is 3.14. The minimum atomic E-state index is -0.739. The summed E-state index contributed by atoms with van der Waals surface area (Å²) in [6.07, 6.45) is 0.900. The number of likely N-dealkylation sites (tertiary alicyclic amines) is 1. The highest BCUT2D eigenvalue weighted by molar-refractivity contribution is 5.70. The first-order chi connectivity index (χ1) is 9.97. The first-order valence-electron chi connectivity index (χ1n) is 7.43. The number of piperidine rings is 1. The van der Waals surface area contributed by atoms with Crippen molar-refractivity contribution < 1.29 is 15.0 Å². The lowest BCUT2D eigenvalue weighted by molar-refractivity contribution is -0.143. The van der Waals surface area contributed by atoms with E-state index in [1.54, 1.807) is 0 Å². The van der Waals surface area contributed by atoms with Crippen molar-refractivity contribution in [1.82, 2.24) is 4.90 Å². The van der Waals surface area contributed by atoms with Crippen molar-refractivity contribution in [2.24, 2.45) is 5.92 Å². The van der Waals surface area contributed by atoms with E-state index in [9.17, 15) is 9.90 Å². The Bertz CT molecular complexity index is 484. The molecule has 1 aliphatic heterocycles. The number of anilines is 1. The van der Waals surface area contributed by atoms with Crippen LogP contribution in [-0.4, -0.2) is 46.9 Å². The average Bonchev–Trinajstić information content (AvgIpc) is 2.43. The molecule has 3 N–H and O–H groups in total. The molecule has 0 amide bonds. The Balaban J connectivity index is 1.92. The molecule has 1 aromatic carbocycles. The van der Waals surface area contributed by atoms with Crippen LogP contribution in [0.15, 0.2) is 18.2 Å². The minimum absolute atomic E-state index is 0.314. The molecule has 0 saturated carbocycles. The molecular weight excluding hydrogens is 268 g/mol. The molecule has 0 aromatic heterocycles. The van der Waals surface area contributed by atoms with Crippen LogP contribution in [0.1, 0.15) is 24.0 Å². The third kappa shape index (κ3) is 4.19. The second kappa shape index (κ2) is 6.91. The molecule has 21 heavy (non-hydrogen) atoms. The molecule has 2 rings (SSSR count). The summed E-state index contributed by atoms with van der Waals surface area (Å²) >= 11 is 0. The van der Waals surface area contributed by atoms with Gasteiger partial charge in [0.25, 0.3) is 0 Å². The number of hydrogen-bond acceptors (Lipinski definition) is 4. The zero-order chi connectivity index (χ0) is 15.4. The van der Waals surface area contributed by atoms with Gasteiger partial charge in [-0.15, -0.1) is 0 Å². The molecular formula is C16H24N2O3. The number of nitrogens with one attached hydrogen (secondary N) is 1. The number of para-hydroxylation sites is 1. The highest BCUT2D eigenvalue weighted by atomic mass is 16.4. The topological polar surface area (TPSA) is 72.8 Å². The summed E-state index contributed by atoms with van der Waals surface area (Å²) in [6, 6.07) is 6.00. The Morgan fingerprint density at radius 1 is 1.43 bits per heavy atom. The van der Waals surface area contributed by atoms with Gasteiger partial charge in [0.2, 0.25) is 0 Å². The molecule has 1 fully saturated rings. The van der Waals surface area contributed by atoms with Crippen molar-refractivity contribution in [2.45, 2.75) is 32.9 Å². The fourth-order valence-electron chi connectivity index (χ4n) is 2.92. The van der Waals surface area contributed by atoms with Gasteiger partial charge >= 0.3 is 5.97 Å². The fraction of sp³-hybridized carbons (Fsp3) is 0.562. The van der Waals surface area contributed by atoms with Crippen LogP contribution in [0.2, 0.25) is 0 Å². The number of aryl methyl sites for hydroxylation is 2. The van der Waals surface area contributed by atoms with Crippen LogP contribution in [0.5, 0.6) is 0 Å². The van der Waals surface area contributed by atoms with E-state index >= 15 is 0 Å². The van der Waals surface area contributed by atoms with Gasteiger partial charge in [-0.2, -0.15) is 0 Å². The van der Waals surface area contributed by atoms with Crippen LogP contribution in [0.4, 0.5) is 5.69 Å². The molecule has 1 heterocycles. The molecule has 0 spiro atoms. The molecule has 1 saturated heterocycles. The quantitative estimate of drug-likeness (QED) is 0.722. The zero-order valence-corrected chi connectivity index (χ0v) is 12.7. The monoisotopic (exact) mass is 292 g/mol. The van der Waals surface area contributed by atoms with E-state index in [0.29, 0.717) is 13.1 Å². The molecule has 0 aliphatic carbocycles. The maximum Gasteiger partial charge on any atom is 0.307 e. The molecule has 2 atom stereocenters. The van der Waals surface area contributed by atoms with Crippen LogP contribution in [-0.2, 0) is 4.79 Å². The maximum absolute atomic E-state index is 11.1. The van der Waals surface area contributed by atoms with Crippen molar-refractivity contribution >= 4 is 11.7 Å². The summed E-state index contributed by atoms with van der Waals surface area (Å²) in [5.74, 6) is -1.05. The van der Waals surface area contributed by atoms with Crippen LogP contribution < -0.4 is 5.32 Å². The van der Waals surface area contributed by atoms with E-state index in [1.807, 2.05) is 36.9 Å². The van der Waals surface area contributed by atoms with Gasteiger partial charge in [0.05, 0.1) is 5.92 Å². The van der Waals surface area contributed by atoms with Gasteiger partial charge in [0, 0.05) is 18.8 Å². The number of hydrogen-bond donors (Lipinski definition) is 3. The predicted molar refractivity (Wildman–Crippen MR) is 82.3 cm³/mol. The number of β-amino-alcohol motifs (C(OH)–C–C–N with tert-alkyl or cyclic N) is 1. The number of benzene rings is 1. The van der Waals surface area contributed by atoms with Gasteiger partial charge in [0.15, 0.2) is 0 Å². The molecule has 5 heteroatoms. The summed E-state index contributed by atoms with van der Waals surface area (Å²) in [7, 11) is 0. The zero-order valence-electron chi connectivity index (χ0n) is 12.7. The van der Waals surface area contributed by atoms with Crippen LogP contribution >= 0.6 is 0 Å². The normalized spacial score (nSPS) is 21.0. The first-order valence-corrected chi connectivity index (χ1v) is 7.43. The van der Waals surface area contributed by atoms with Crippen molar-refractivity contribution in [3.63, 3.8) is 0 Å². The number of rotatable bonds is 5. The Morgan fingerprint density at radius 2 is 2.10 bits per heavy atom. The smallest absolute Gasteiger partial charge is 0.307 e. The van der Waals surface area contributed by atoms with E-state index < -0.39 is 12.2 Å². The SMILES string of the molecule is Cc1cccc(C)c1NC(O)CN1CCCC(C(=O)O)C1. The maximum atomic E-state index is 11.1. The Labute approximate surface area is 125 Å². The Hall–Kier alpha value is -1.59. The highest BCUT2D eigenvalue weighted by Gasteiger charge is 2.26. The molecule has 5 nitrogen and oxygen atoms in total. The van der Waals surface area contributed by atoms with Crippen molar-refractivity contribution in [3.8, 4) is 0 Å². The predicted octanol–water partition coefficient (Wildman–Crippen LogP) is 1.83. The molecule has 2 unspecified atom stereocenters. The van der Waals surface area contributed by atoms with Gasteiger partial charge in [0.1, 0.15) is 6.23 Å². The minimum Gasteiger partial charge on any atom is -0.481 e. The van der Waals surface area contributed by atoms with E-state index in [0.717, 1.165) is 36.2 Å². The lowest BCUT2D eigenvalue weighted by Crippen LogP contribution is -2.44. The van der Waals surface area contributed by atoms with Gasteiger partial charge in [-0.1, -0.05) is 18.2 Å². The van der Waals surface area contributed by atoms with Gasteiger partial charge in [-0.3, -0.25) is 9.69 Å². The number of carboxylic acid groups (broad SMARTS) is 1. The standard InChI is InChI=1S/C16H24N2O3/c1-11-5-3-6-12(2)15(11)17-14(19)10-18-8-4-7-13(9-18)16(20)21/h3,5-6,13-14,17,19H,4,7-10H2,1-2H3,(H,20,21). The number of nitrogens with zero attached hydrogens (tertiary/aromatic N) is 1. The average molecular weight is 292 g/mol. The summed E-state index contributed by atoms with van der Waals surface area (Å²) in [4.78, 5) is 13.1. The van der Waals surface area contributed by atoms with E-state index in [1.165, 1.54) is 0 Å². The Kier molecular flexibility index (Phi) is 5.20. The molecule has 116 valence electrons. The van der Waals surface area contributed by atoms with Gasteiger partial charge in [-0.25, -0.2) is 0 Å². The van der Waals surface area contributed by atoms with Crippen LogP contribution in [0, 0.1) is 19.8 Å². The number of aliphatic hydroxyl groups is 1. The summed E-state index contributed by atoms with van der Waals surface area (Å²) < 4.78 is 0. The third-order valence-corrected chi connectivity index (χ3v) is 4.08. The summed E-state index contributed by atoms with van der Waals surface area (Å²) in [5, 5.41) is 22.5. The van der Waals surface area contributed by atoms with Gasteiger partial charge < -0.3 is 15.5 Å². The van der Waals surface area contributed by atoms with Crippen molar-refractivity contribution in [3.05, 3.63) is 29.3 Å². The largest absolute Gasteiger partial charge is 0.481 e. The lowest BCUT2D eigenvalue weighted by atomic mass is 9.98. The number of carboxylic acids is 1. The first kappa shape index (κ1) is 15.8. The van der Waals surface area contributed by atoms with Crippen molar-refractivity contribution in [1.29, 1.82) is 0 Å². The van der Waals surface area contributed by atoms with E-state index in [-0.39, 0.29) is 5.92 Å². The van der Waals surface area contributed by atoms with E-state index in [4.69, 9.17) is 5.11 Å². The second-order valence-electron chi connectivity index (χ2n) is 5.86. The van der Waals surface area contributed by atoms with Crippen LogP contribution in [0.25, 0.3) is 0 Å². The molecule has 0 radical (unpaired) electrons. The second-order valence-corrected chi connectivity index (χ2v) is 5.86. The molecule has 1 aromatic rings. The molecule has 0 bridgehead atoms. The third-order valence-electron chi connectivity index (χ3n) is 4.08. The lowest BCUT2D eigenvalue weighted by Gasteiger charge is -2.32. The Morgan fingerprint density at radius 3 is 2.71 bits per heavy atom. The number of aliphatic carboxylic acids is 1. The highest BCUT2D eigenvalue weighted by Crippen LogP contribution is 2.21.